The van der Waals surface area contributed by atoms with Crippen molar-refractivity contribution in [3.8, 4) is 6.07 Å². The lowest BCUT2D eigenvalue weighted by Gasteiger charge is -2.21. The van der Waals surface area contributed by atoms with Crippen LogP contribution in [0.1, 0.15) is 32.1 Å². The second kappa shape index (κ2) is 5.48. The van der Waals surface area contributed by atoms with Gasteiger partial charge in [-0.25, -0.2) is 0 Å². The van der Waals surface area contributed by atoms with Gasteiger partial charge in [0.05, 0.1) is 6.07 Å². The van der Waals surface area contributed by atoms with Crippen LogP contribution >= 0.6 is 0 Å². The van der Waals surface area contributed by atoms with Crippen LogP contribution in [-0.4, -0.2) is 18.6 Å². The molecule has 0 aromatic carbocycles. The van der Waals surface area contributed by atoms with Gasteiger partial charge in [0.2, 0.25) is 0 Å². The van der Waals surface area contributed by atoms with Crippen LogP contribution in [0.3, 0.4) is 0 Å². The molecule has 0 aliphatic heterocycles. The maximum Gasteiger partial charge on any atom is 0.106 e. The molecule has 0 amide bonds. The topological polar surface area (TPSA) is 84.6 Å². The molecule has 1 rings (SSSR count). The van der Waals surface area contributed by atoms with Gasteiger partial charge in [0.1, 0.15) is 5.54 Å². The molecule has 76 valence electrons. The third kappa shape index (κ3) is 2.91. The van der Waals surface area contributed by atoms with E-state index < -0.39 is 0 Å². The summed E-state index contributed by atoms with van der Waals surface area (Å²) in [5.41, 5.74) is 7.76. The van der Waals surface area contributed by atoms with E-state index >= 15 is 0 Å². The molecular weight excluding hydrogens is 178 g/mol. The van der Waals surface area contributed by atoms with Crippen LogP contribution in [0.5, 0.6) is 0 Å². The number of rotatable bonds is 5. The number of azide groups is 1. The molecule has 5 nitrogen and oxygen atoms in total. The second-order valence-electron chi connectivity index (χ2n) is 3.64. The van der Waals surface area contributed by atoms with Crippen molar-refractivity contribution in [3.05, 3.63) is 10.4 Å². The van der Waals surface area contributed by atoms with Gasteiger partial charge in [-0.1, -0.05) is 18.0 Å². The summed E-state index contributed by atoms with van der Waals surface area (Å²) in [6.45, 7) is 1.26. The molecule has 5 heteroatoms. The third-order valence-electron chi connectivity index (χ3n) is 2.63. The first-order valence-electron chi connectivity index (χ1n) is 5.00. The highest BCUT2D eigenvalue weighted by atomic mass is 15.1. The third-order valence-corrected chi connectivity index (χ3v) is 2.63. The van der Waals surface area contributed by atoms with E-state index in [1.54, 1.807) is 0 Å². The maximum atomic E-state index is 9.02. The molecular formula is C9H15N5. The first kappa shape index (κ1) is 10.8. The summed E-state index contributed by atoms with van der Waals surface area (Å²) in [6, 6.07) is 2.35. The molecule has 0 bridgehead atoms. The zero-order valence-electron chi connectivity index (χ0n) is 8.24. The Morgan fingerprint density at radius 1 is 1.50 bits per heavy atom. The van der Waals surface area contributed by atoms with E-state index in [0.29, 0.717) is 6.54 Å². The van der Waals surface area contributed by atoms with E-state index in [-0.39, 0.29) is 5.54 Å². The van der Waals surface area contributed by atoms with Crippen molar-refractivity contribution >= 4 is 0 Å². The molecule has 0 heterocycles. The van der Waals surface area contributed by atoms with Gasteiger partial charge in [-0.3, -0.25) is 5.32 Å². The monoisotopic (exact) mass is 193 g/mol. The lowest BCUT2D eigenvalue weighted by atomic mass is 10.00. The Hall–Kier alpha value is -1.24. The fraction of sp³-hybridized carbons (Fsp3) is 0.889. The first-order valence-corrected chi connectivity index (χ1v) is 5.00. The van der Waals surface area contributed by atoms with E-state index in [1.807, 2.05) is 0 Å². The van der Waals surface area contributed by atoms with Gasteiger partial charge in [0.15, 0.2) is 0 Å². The normalized spacial score (nSPS) is 18.5. The minimum atomic E-state index is -0.295. The highest BCUT2D eigenvalue weighted by Crippen LogP contribution is 2.28. The number of hydrogen-bond donors (Lipinski definition) is 1. The predicted molar refractivity (Wildman–Crippen MR) is 53.4 cm³/mol. The standard InChI is InChI=1S/C9H15N5/c10-8-9(4-1-2-5-9)12-6-3-7-13-14-11/h12H,1-7H2. The van der Waals surface area contributed by atoms with Gasteiger partial charge in [0.25, 0.3) is 0 Å². The highest BCUT2D eigenvalue weighted by Gasteiger charge is 2.32. The maximum absolute atomic E-state index is 9.02. The average Bonchev–Trinajstić information content (AvgIpc) is 2.67. The Balaban J connectivity index is 2.22. The van der Waals surface area contributed by atoms with E-state index in [2.05, 4.69) is 21.4 Å². The molecule has 14 heavy (non-hydrogen) atoms. The number of nitriles is 1. The van der Waals surface area contributed by atoms with Crippen LogP contribution in [0.25, 0.3) is 10.4 Å². The summed E-state index contributed by atoms with van der Waals surface area (Å²) in [6.07, 6.45) is 4.97. The quantitative estimate of drug-likeness (QED) is 0.314. The van der Waals surface area contributed by atoms with Crippen LogP contribution in [-0.2, 0) is 0 Å². The second-order valence-corrected chi connectivity index (χ2v) is 3.64. The van der Waals surface area contributed by atoms with Crippen molar-refractivity contribution < 1.29 is 0 Å². The smallest absolute Gasteiger partial charge is 0.106 e. The Kier molecular flexibility index (Phi) is 4.24. The molecule has 0 aromatic rings. The SMILES string of the molecule is N#CC1(NCCCN=[N+]=[N-])CCCC1. The van der Waals surface area contributed by atoms with Crippen molar-refractivity contribution in [3.63, 3.8) is 0 Å². The van der Waals surface area contributed by atoms with Crippen molar-refractivity contribution in [2.45, 2.75) is 37.6 Å². The fourth-order valence-electron chi connectivity index (χ4n) is 1.83. The Labute approximate surface area is 83.7 Å². The summed E-state index contributed by atoms with van der Waals surface area (Å²) in [7, 11) is 0. The number of nitrogens with one attached hydrogen (secondary N) is 1. The fourth-order valence-corrected chi connectivity index (χ4v) is 1.83. The zero-order valence-corrected chi connectivity index (χ0v) is 8.24. The molecule has 1 aliphatic carbocycles. The van der Waals surface area contributed by atoms with Crippen LogP contribution in [0.4, 0.5) is 0 Å². The molecule has 0 saturated heterocycles. The molecule has 0 atom stereocenters. The van der Waals surface area contributed by atoms with E-state index in [0.717, 1.165) is 38.6 Å². The minimum Gasteiger partial charge on any atom is -0.299 e. The Bertz CT molecular complexity index is 255. The first-order chi connectivity index (χ1) is 6.83. The molecule has 1 fully saturated rings. The Morgan fingerprint density at radius 3 is 2.79 bits per heavy atom. The molecule has 0 aromatic heterocycles. The molecule has 1 aliphatic rings. The lowest BCUT2D eigenvalue weighted by molar-refractivity contribution is 0.421. The summed E-state index contributed by atoms with van der Waals surface area (Å²) in [5.74, 6) is 0. The van der Waals surface area contributed by atoms with Crippen LogP contribution in [0, 0.1) is 11.3 Å². The van der Waals surface area contributed by atoms with Gasteiger partial charge in [-0.05, 0) is 31.3 Å². The van der Waals surface area contributed by atoms with Gasteiger partial charge < -0.3 is 0 Å². The van der Waals surface area contributed by atoms with Crippen LogP contribution in [0.2, 0.25) is 0 Å². The summed E-state index contributed by atoms with van der Waals surface area (Å²) >= 11 is 0. The largest absolute Gasteiger partial charge is 0.299 e. The molecule has 0 radical (unpaired) electrons. The van der Waals surface area contributed by atoms with Crippen LogP contribution in [0.15, 0.2) is 5.11 Å². The van der Waals surface area contributed by atoms with E-state index in [9.17, 15) is 0 Å². The molecule has 0 spiro atoms. The van der Waals surface area contributed by atoms with Gasteiger partial charge in [0, 0.05) is 11.5 Å². The van der Waals surface area contributed by atoms with Crippen molar-refractivity contribution in [1.29, 1.82) is 5.26 Å². The zero-order chi connectivity index (χ0) is 10.3. The lowest BCUT2D eigenvalue weighted by Crippen LogP contribution is -2.41. The molecule has 0 unspecified atom stereocenters. The molecule has 1 N–H and O–H groups in total. The van der Waals surface area contributed by atoms with Crippen molar-refractivity contribution in [2.24, 2.45) is 5.11 Å². The van der Waals surface area contributed by atoms with E-state index in [1.165, 1.54) is 0 Å². The van der Waals surface area contributed by atoms with Gasteiger partial charge >= 0.3 is 0 Å². The number of hydrogen-bond acceptors (Lipinski definition) is 3. The Morgan fingerprint density at radius 2 is 2.21 bits per heavy atom. The predicted octanol–water partition coefficient (Wildman–Crippen LogP) is 2.11. The van der Waals surface area contributed by atoms with Crippen molar-refractivity contribution in [1.82, 2.24) is 5.32 Å². The van der Waals surface area contributed by atoms with Crippen LogP contribution < -0.4 is 5.32 Å². The summed E-state index contributed by atoms with van der Waals surface area (Å²) in [4.78, 5) is 2.67. The number of nitrogens with zero attached hydrogens (tertiary/aromatic N) is 4. The minimum absolute atomic E-state index is 0.295. The molecule has 1 saturated carbocycles. The van der Waals surface area contributed by atoms with Gasteiger partial charge in [-0.15, -0.1) is 0 Å². The van der Waals surface area contributed by atoms with Crippen molar-refractivity contribution in [2.75, 3.05) is 13.1 Å². The highest BCUT2D eigenvalue weighted by molar-refractivity contribution is 5.09. The van der Waals surface area contributed by atoms with Gasteiger partial charge in [-0.2, -0.15) is 5.26 Å². The summed E-state index contributed by atoms with van der Waals surface area (Å²) in [5, 5.41) is 15.7. The average molecular weight is 193 g/mol. The summed E-state index contributed by atoms with van der Waals surface area (Å²) < 4.78 is 0. The van der Waals surface area contributed by atoms with E-state index in [4.69, 9.17) is 10.8 Å².